The summed E-state index contributed by atoms with van der Waals surface area (Å²) in [6.45, 7) is 8.10. The molecule has 0 radical (unpaired) electrons. The van der Waals surface area contributed by atoms with Crippen molar-refractivity contribution in [1.29, 1.82) is 0 Å². The maximum Gasteiger partial charge on any atom is 0.276 e. The van der Waals surface area contributed by atoms with Crippen LogP contribution in [-0.2, 0) is 16.6 Å². The number of aryl methyl sites for hydroxylation is 1. The summed E-state index contributed by atoms with van der Waals surface area (Å²) >= 11 is 0. The van der Waals surface area contributed by atoms with Crippen LogP contribution in [-0.4, -0.2) is 26.5 Å². The van der Waals surface area contributed by atoms with Gasteiger partial charge in [-0.2, -0.15) is 0 Å². The predicted molar refractivity (Wildman–Crippen MR) is 106 cm³/mol. The van der Waals surface area contributed by atoms with E-state index in [2.05, 4.69) is 41.4 Å². The Morgan fingerprint density at radius 3 is 2.67 bits per heavy atom. The SMILES string of the molecule is Cc1nc2cc[nH]n2c(=O)c1CC(=O)NC(C)CC(C)(C)c1ccccc1. The molecule has 6 heteroatoms. The lowest BCUT2D eigenvalue weighted by Crippen LogP contribution is -2.39. The van der Waals surface area contributed by atoms with E-state index in [0.717, 1.165) is 6.42 Å². The van der Waals surface area contributed by atoms with Crippen molar-refractivity contribution in [3.8, 4) is 0 Å². The zero-order chi connectivity index (χ0) is 19.6. The van der Waals surface area contributed by atoms with E-state index < -0.39 is 0 Å². The van der Waals surface area contributed by atoms with Gasteiger partial charge in [-0.25, -0.2) is 9.50 Å². The second-order valence-electron chi connectivity index (χ2n) is 7.74. The molecule has 2 N–H and O–H groups in total. The largest absolute Gasteiger partial charge is 0.353 e. The quantitative estimate of drug-likeness (QED) is 0.704. The highest BCUT2D eigenvalue weighted by atomic mass is 16.2. The normalized spacial score (nSPS) is 12.9. The summed E-state index contributed by atoms with van der Waals surface area (Å²) < 4.78 is 1.36. The number of nitrogens with zero attached hydrogens (tertiary/aromatic N) is 2. The standard InChI is InChI=1S/C21H26N4O2/c1-14(13-21(3,4)16-8-6-5-7-9-16)23-19(26)12-17-15(2)24-18-10-11-22-25(18)20(17)27/h5-11,14,22H,12-13H2,1-4H3,(H,23,26). The summed E-state index contributed by atoms with van der Waals surface area (Å²) in [6.07, 6.45) is 2.48. The van der Waals surface area contributed by atoms with Gasteiger partial charge in [0, 0.05) is 29.6 Å². The van der Waals surface area contributed by atoms with Gasteiger partial charge < -0.3 is 5.32 Å². The fourth-order valence-corrected chi connectivity index (χ4v) is 3.62. The maximum atomic E-state index is 12.6. The molecule has 1 aromatic carbocycles. The van der Waals surface area contributed by atoms with Crippen molar-refractivity contribution in [2.24, 2.45) is 0 Å². The van der Waals surface area contributed by atoms with Gasteiger partial charge in [-0.3, -0.25) is 14.7 Å². The van der Waals surface area contributed by atoms with E-state index in [9.17, 15) is 9.59 Å². The summed E-state index contributed by atoms with van der Waals surface area (Å²) in [7, 11) is 0. The van der Waals surface area contributed by atoms with Crippen molar-refractivity contribution in [3.63, 3.8) is 0 Å². The number of aromatic nitrogens is 3. The van der Waals surface area contributed by atoms with Crippen molar-refractivity contribution in [1.82, 2.24) is 19.9 Å². The first-order chi connectivity index (χ1) is 12.8. The van der Waals surface area contributed by atoms with Crippen molar-refractivity contribution in [3.05, 3.63) is 69.8 Å². The van der Waals surface area contributed by atoms with Gasteiger partial charge in [0.15, 0.2) is 5.65 Å². The summed E-state index contributed by atoms with van der Waals surface area (Å²) in [5.74, 6) is -0.167. The number of amides is 1. The second kappa shape index (κ2) is 7.39. The topological polar surface area (TPSA) is 79.3 Å². The Morgan fingerprint density at radius 1 is 1.26 bits per heavy atom. The minimum Gasteiger partial charge on any atom is -0.353 e. The van der Waals surface area contributed by atoms with Crippen molar-refractivity contribution < 1.29 is 4.79 Å². The first-order valence-electron chi connectivity index (χ1n) is 9.18. The van der Waals surface area contributed by atoms with Crippen LogP contribution in [0.5, 0.6) is 0 Å². The summed E-state index contributed by atoms with van der Waals surface area (Å²) in [5.41, 5.74) is 2.51. The van der Waals surface area contributed by atoms with Gasteiger partial charge in [-0.05, 0) is 31.2 Å². The molecule has 0 aliphatic rings. The molecule has 3 aromatic rings. The number of aromatic amines is 1. The second-order valence-corrected chi connectivity index (χ2v) is 7.74. The van der Waals surface area contributed by atoms with Gasteiger partial charge in [0.2, 0.25) is 5.91 Å². The van der Waals surface area contributed by atoms with Crippen molar-refractivity contribution >= 4 is 11.6 Å². The zero-order valence-electron chi connectivity index (χ0n) is 16.2. The molecule has 1 unspecified atom stereocenters. The number of rotatable bonds is 6. The van der Waals surface area contributed by atoms with E-state index in [1.54, 1.807) is 19.2 Å². The van der Waals surface area contributed by atoms with Crippen LogP contribution in [0.2, 0.25) is 0 Å². The molecule has 2 aromatic heterocycles. The average molecular weight is 366 g/mol. The third-order valence-electron chi connectivity index (χ3n) is 4.96. The highest BCUT2D eigenvalue weighted by Gasteiger charge is 2.24. The first-order valence-corrected chi connectivity index (χ1v) is 9.18. The van der Waals surface area contributed by atoms with E-state index in [1.807, 2.05) is 25.1 Å². The van der Waals surface area contributed by atoms with Crippen LogP contribution < -0.4 is 10.9 Å². The van der Waals surface area contributed by atoms with Gasteiger partial charge in [-0.15, -0.1) is 0 Å². The van der Waals surface area contributed by atoms with Crippen LogP contribution in [0.4, 0.5) is 0 Å². The van der Waals surface area contributed by atoms with Crippen LogP contribution in [0.15, 0.2) is 47.4 Å². The summed E-state index contributed by atoms with van der Waals surface area (Å²) in [6, 6.07) is 12.0. The van der Waals surface area contributed by atoms with Gasteiger partial charge in [0.25, 0.3) is 5.56 Å². The van der Waals surface area contributed by atoms with Crippen LogP contribution in [0.1, 0.15) is 44.0 Å². The monoisotopic (exact) mass is 366 g/mol. The van der Waals surface area contributed by atoms with Crippen molar-refractivity contribution in [2.75, 3.05) is 0 Å². The number of hydrogen-bond donors (Lipinski definition) is 2. The van der Waals surface area contributed by atoms with Crippen LogP contribution in [0, 0.1) is 6.92 Å². The molecular formula is C21H26N4O2. The molecule has 0 saturated carbocycles. The van der Waals surface area contributed by atoms with Gasteiger partial charge in [0.05, 0.1) is 6.42 Å². The average Bonchev–Trinajstić information content (AvgIpc) is 3.07. The molecule has 2 heterocycles. The Bertz CT molecular complexity index is 1000. The number of benzene rings is 1. The Morgan fingerprint density at radius 2 is 1.96 bits per heavy atom. The van der Waals surface area contributed by atoms with E-state index in [4.69, 9.17) is 0 Å². The molecule has 0 bridgehead atoms. The minimum absolute atomic E-state index is 0.0158. The molecule has 0 aliphatic carbocycles. The molecule has 3 rings (SSSR count). The van der Waals surface area contributed by atoms with E-state index in [-0.39, 0.29) is 29.3 Å². The Kier molecular flexibility index (Phi) is 5.17. The third kappa shape index (κ3) is 4.10. The lowest BCUT2D eigenvalue weighted by molar-refractivity contribution is -0.121. The molecule has 0 aliphatic heterocycles. The number of nitrogens with one attached hydrogen (secondary N) is 2. The first kappa shape index (κ1) is 18.9. The number of fused-ring (bicyclic) bond motifs is 1. The minimum atomic E-state index is -0.227. The van der Waals surface area contributed by atoms with E-state index in [1.165, 1.54) is 10.1 Å². The van der Waals surface area contributed by atoms with Crippen LogP contribution in [0.25, 0.3) is 5.65 Å². The van der Waals surface area contributed by atoms with Gasteiger partial charge >= 0.3 is 0 Å². The highest BCUT2D eigenvalue weighted by Crippen LogP contribution is 2.28. The number of carbonyl (C=O) groups is 1. The van der Waals surface area contributed by atoms with Gasteiger partial charge in [0.1, 0.15) is 0 Å². The summed E-state index contributed by atoms with van der Waals surface area (Å²) in [5, 5.41) is 5.85. The number of hydrogen-bond acceptors (Lipinski definition) is 3. The van der Waals surface area contributed by atoms with Crippen LogP contribution >= 0.6 is 0 Å². The third-order valence-corrected chi connectivity index (χ3v) is 4.96. The molecule has 1 atom stereocenters. The molecule has 0 saturated heterocycles. The molecule has 0 fully saturated rings. The van der Waals surface area contributed by atoms with Crippen LogP contribution in [0.3, 0.4) is 0 Å². The Hall–Kier alpha value is -2.89. The highest BCUT2D eigenvalue weighted by molar-refractivity contribution is 5.79. The fraction of sp³-hybridized carbons (Fsp3) is 0.381. The lowest BCUT2D eigenvalue weighted by atomic mass is 9.79. The van der Waals surface area contributed by atoms with Crippen molar-refractivity contribution in [2.45, 2.75) is 52.0 Å². The fourth-order valence-electron chi connectivity index (χ4n) is 3.62. The number of carbonyl (C=O) groups excluding carboxylic acids is 1. The molecule has 1 amide bonds. The predicted octanol–water partition coefficient (Wildman–Crippen LogP) is 2.75. The zero-order valence-corrected chi connectivity index (χ0v) is 16.2. The smallest absolute Gasteiger partial charge is 0.276 e. The maximum absolute atomic E-state index is 12.6. The molecule has 142 valence electrons. The Balaban J connectivity index is 1.68. The van der Waals surface area contributed by atoms with E-state index >= 15 is 0 Å². The number of H-pyrrole nitrogens is 1. The van der Waals surface area contributed by atoms with Gasteiger partial charge in [-0.1, -0.05) is 44.2 Å². The molecule has 0 spiro atoms. The van der Waals surface area contributed by atoms with E-state index in [0.29, 0.717) is 16.9 Å². The lowest BCUT2D eigenvalue weighted by Gasteiger charge is -2.29. The Labute approximate surface area is 158 Å². The molecule has 27 heavy (non-hydrogen) atoms. The molecule has 6 nitrogen and oxygen atoms in total. The summed E-state index contributed by atoms with van der Waals surface area (Å²) in [4.78, 5) is 29.5. The molecular weight excluding hydrogens is 340 g/mol.